The summed E-state index contributed by atoms with van der Waals surface area (Å²) in [7, 11) is 0. The standard InChI is InChI=1S/C21H22O3/c22-18-6-5-16-3-1-2-4-17(16)19(18)20(23)24-21-10-13-7-14(11-21)9-15(8-13)12-21/h1-6,13-15,22H,7-12H2. The number of fused-ring (bicyclic) bond motifs is 1. The first-order valence-electron chi connectivity index (χ1n) is 9.06. The molecule has 0 aliphatic heterocycles. The van der Waals surface area contributed by atoms with Gasteiger partial charge < -0.3 is 9.84 Å². The topological polar surface area (TPSA) is 46.5 Å². The zero-order chi connectivity index (χ0) is 16.3. The summed E-state index contributed by atoms with van der Waals surface area (Å²) in [5.41, 5.74) is 0.0405. The van der Waals surface area contributed by atoms with Crippen LogP contribution in [0.5, 0.6) is 5.75 Å². The first-order chi connectivity index (χ1) is 11.6. The van der Waals surface area contributed by atoms with Crippen LogP contribution in [0.25, 0.3) is 10.8 Å². The van der Waals surface area contributed by atoms with Gasteiger partial charge in [0.2, 0.25) is 0 Å². The van der Waals surface area contributed by atoms with Crippen LogP contribution in [-0.2, 0) is 4.74 Å². The summed E-state index contributed by atoms with van der Waals surface area (Å²) >= 11 is 0. The zero-order valence-corrected chi connectivity index (χ0v) is 13.7. The molecule has 2 aromatic carbocycles. The fourth-order valence-corrected chi connectivity index (χ4v) is 5.88. The Bertz CT molecular complexity index is 788. The average molecular weight is 322 g/mol. The second-order valence-corrected chi connectivity index (χ2v) is 8.17. The summed E-state index contributed by atoms with van der Waals surface area (Å²) in [6.07, 6.45) is 6.98. The monoisotopic (exact) mass is 322 g/mol. The number of esters is 1. The van der Waals surface area contributed by atoms with Crippen molar-refractivity contribution in [2.75, 3.05) is 0 Å². The summed E-state index contributed by atoms with van der Waals surface area (Å²) < 4.78 is 6.13. The Kier molecular flexibility index (Phi) is 2.97. The Morgan fingerprint density at radius 3 is 2.25 bits per heavy atom. The molecular weight excluding hydrogens is 300 g/mol. The van der Waals surface area contributed by atoms with Crippen molar-refractivity contribution in [1.29, 1.82) is 0 Å². The van der Waals surface area contributed by atoms with E-state index in [4.69, 9.17) is 4.74 Å². The minimum Gasteiger partial charge on any atom is -0.507 e. The van der Waals surface area contributed by atoms with Crippen molar-refractivity contribution in [2.45, 2.75) is 44.1 Å². The molecule has 4 aliphatic carbocycles. The van der Waals surface area contributed by atoms with Gasteiger partial charge in [0, 0.05) is 0 Å². The highest BCUT2D eigenvalue weighted by Gasteiger charge is 2.53. The van der Waals surface area contributed by atoms with Crippen molar-refractivity contribution in [2.24, 2.45) is 17.8 Å². The molecule has 1 N–H and O–H groups in total. The van der Waals surface area contributed by atoms with Gasteiger partial charge in [0.15, 0.2) is 0 Å². The number of aromatic hydroxyl groups is 1. The number of carbonyl (C=O) groups is 1. The molecule has 6 rings (SSSR count). The quantitative estimate of drug-likeness (QED) is 0.817. The van der Waals surface area contributed by atoms with Gasteiger partial charge in [-0.1, -0.05) is 30.3 Å². The van der Waals surface area contributed by atoms with Gasteiger partial charge >= 0.3 is 5.97 Å². The maximum Gasteiger partial charge on any atom is 0.343 e. The normalized spacial score (nSPS) is 33.8. The van der Waals surface area contributed by atoms with Crippen LogP contribution in [0, 0.1) is 17.8 Å². The van der Waals surface area contributed by atoms with E-state index in [1.54, 1.807) is 6.07 Å². The van der Waals surface area contributed by atoms with E-state index in [1.165, 1.54) is 19.3 Å². The molecule has 124 valence electrons. The third kappa shape index (κ3) is 2.14. The molecule has 4 saturated carbocycles. The third-order valence-corrected chi connectivity index (χ3v) is 6.40. The van der Waals surface area contributed by atoms with E-state index in [2.05, 4.69) is 0 Å². The Balaban J connectivity index is 1.51. The highest BCUT2D eigenvalue weighted by Crippen LogP contribution is 2.57. The molecule has 3 nitrogen and oxygen atoms in total. The van der Waals surface area contributed by atoms with Gasteiger partial charge in [0.1, 0.15) is 16.9 Å². The second kappa shape index (κ2) is 4.98. The lowest BCUT2D eigenvalue weighted by atomic mass is 9.54. The summed E-state index contributed by atoms with van der Waals surface area (Å²) in [4.78, 5) is 13.0. The first kappa shape index (κ1) is 14.3. The van der Waals surface area contributed by atoms with E-state index in [0.717, 1.165) is 47.8 Å². The first-order valence-corrected chi connectivity index (χ1v) is 9.06. The van der Waals surface area contributed by atoms with Crippen molar-refractivity contribution >= 4 is 16.7 Å². The lowest BCUT2D eigenvalue weighted by Crippen LogP contribution is -2.52. The Morgan fingerprint density at radius 1 is 0.958 bits per heavy atom. The van der Waals surface area contributed by atoms with Crippen LogP contribution in [0.2, 0.25) is 0 Å². The minimum absolute atomic E-state index is 0.0171. The van der Waals surface area contributed by atoms with E-state index < -0.39 is 0 Å². The van der Waals surface area contributed by atoms with Gasteiger partial charge in [0.25, 0.3) is 0 Å². The maximum absolute atomic E-state index is 13.0. The smallest absolute Gasteiger partial charge is 0.343 e. The Morgan fingerprint density at radius 2 is 1.58 bits per heavy atom. The molecule has 0 radical (unpaired) electrons. The molecule has 0 atom stereocenters. The summed E-state index contributed by atoms with van der Waals surface area (Å²) in [6.45, 7) is 0. The molecule has 0 saturated heterocycles. The molecule has 0 aromatic heterocycles. The Hall–Kier alpha value is -2.03. The molecule has 4 aliphatic rings. The van der Waals surface area contributed by atoms with Crippen molar-refractivity contribution in [3.63, 3.8) is 0 Å². The summed E-state index contributed by atoms with van der Waals surface area (Å²) in [5, 5.41) is 12.0. The number of phenols is 1. The average Bonchev–Trinajstić information content (AvgIpc) is 2.52. The molecule has 2 aromatic rings. The Labute approximate surface area is 141 Å². The molecule has 0 amide bonds. The van der Waals surface area contributed by atoms with Crippen molar-refractivity contribution in [1.82, 2.24) is 0 Å². The number of ether oxygens (including phenoxy) is 1. The highest BCUT2D eigenvalue weighted by atomic mass is 16.6. The van der Waals surface area contributed by atoms with Gasteiger partial charge in [-0.15, -0.1) is 0 Å². The van der Waals surface area contributed by atoms with Crippen LogP contribution in [0.1, 0.15) is 48.9 Å². The summed E-state index contributed by atoms with van der Waals surface area (Å²) in [6, 6.07) is 11.1. The molecular formula is C21H22O3. The lowest BCUT2D eigenvalue weighted by Gasteiger charge is -2.55. The van der Waals surface area contributed by atoms with Crippen LogP contribution < -0.4 is 0 Å². The van der Waals surface area contributed by atoms with Gasteiger partial charge in [-0.2, -0.15) is 0 Å². The van der Waals surface area contributed by atoms with Crippen LogP contribution in [0.3, 0.4) is 0 Å². The van der Waals surface area contributed by atoms with Crippen molar-refractivity contribution < 1.29 is 14.6 Å². The molecule has 0 spiro atoms. The SMILES string of the molecule is O=C(OC12CC3CC(CC(C3)C1)C2)c1c(O)ccc2ccccc12. The molecule has 4 bridgehead atoms. The number of benzene rings is 2. The van der Waals surface area contributed by atoms with Gasteiger partial charge in [-0.05, 0) is 73.1 Å². The van der Waals surface area contributed by atoms with E-state index in [9.17, 15) is 9.90 Å². The van der Waals surface area contributed by atoms with E-state index in [1.807, 2.05) is 30.3 Å². The van der Waals surface area contributed by atoms with Crippen LogP contribution in [0.15, 0.2) is 36.4 Å². The third-order valence-electron chi connectivity index (χ3n) is 6.40. The maximum atomic E-state index is 13.0. The molecule has 3 heteroatoms. The number of rotatable bonds is 2. The van der Waals surface area contributed by atoms with Crippen molar-refractivity contribution in [3.8, 4) is 5.75 Å². The highest BCUT2D eigenvalue weighted by molar-refractivity contribution is 6.07. The lowest BCUT2D eigenvalue weighted by molar-refractivity contribution is -0.131. The number of hydrogen-bond donors (Lipinski definition) is 1. The minimum atomic E-state index is -0.355. The molecule has 24 heavy (non-hydrogen) atoms. The van der Waals surface area contributed by atoms with Gasteiger partial charge in [-0.3, -0.25) is 0 Å². The van der Waals surface area contributed by atoms with E-state index >= 15 is 0 Å². The molecule has 0 heterocycles. The van der Waals surface area contributed by atoms with Crippen LogP contribution in [0.4, 0.5) is 0 Å². The fourth-order valence-electron chi connectivity index (χ4n) is 5.88. The molecule has 0 unspecified atom stereocenters. The van der Waals surface area contributed by atoms with Crippen LogP contribution in [-0.4, -0.2) is 16.7 Å². The van der Waals surface area contributed by atoms with E-state index in [-0.39, 0.29) is 17.3 Å². The van der Waals surface area contributed by atoms with Gasteiger partial charge in [-0.25, -0.2) is 4.79 Å². The number of hydrogen-bond acceptors (Lipinski definition) is 3. The van der Waals surface area contributed by atoms with E-state index in [0.29, 0.717) is 5.56 Å². The predicted molar refractivity (Wildman–Crippen MR) is 91.9 cm³/mol. The molecule has 4 fully saturated rings. The fraction of sp³-hybridized carbons (Fsp3) is 0.476. The van der Waals surface area contributed by atoms with Crippen molar-refractivity contribution in [3.05, 3.63) is 42.0 Å². The largest absolute Gasteiger partial charge is 0.507 e. The second-order valence-electron chi connectivity index (χ2n) is 8.17. The van der Waals surface area contributed by atoms with Crippen LogP contribution >= 0.6 is 0 Å². The predicted octanol–water partition coefficient (Wildman–Crippen LogP) is 4.67. The summed E-state index contributed by atoms with van der Waals surface area (Å²) in [5.74, 6) is 1.84. The zero-order valence-electron chi connectivity index (χ0n) is 13.7. The number of phenolic OH excluding ortho intramolecular Hbond substituents is 1. The number of carbonyl (C=O) groups excluding carboxylic acids is 1. The van der Waals surface area contributed by atoms with Gasteiger partial charge in [0.05, 0.1) is 0 Å².